The highest BCUT2D eigenvalue weighted by atomic mass is 16.5. The van der Waals surface area contributed by atoms with E-state index in [0.717, 1.165) is 28.9 Å². The minimum absolute atomic E-state index is 0.0110. The first-order valence-corrected chi connectivity index (χ1v) is 12.5. The van der Waals surface area contributed by atoms with E-state index in [9.17, 15) is 4.79 Å². The Balaban J connectivity index is 1.38. The second-order valence-electron chi connectivity index (χ2n) is 9.44. The third kappa shape index (κ3) is 4.85. The average Bonchev–Trinajstić information content (AvgIpc) is 2.91. The number of aryl methyl sites for hydroxylation is 1. The lowest BCUT2D eigenvalue weighted by Crippen LogP contribution is -2.37. The fourth-order valence-corrected chi connectivity index (χ4v) is 5.21. The highest BCUT2D eigenvalue weighted by molar-refractivity contribution is 5.91. The van der Waals surface area contributed by atoms with Crippen molar-refractivity contribution in [3.05, 3.63) is 113 Å². The molecule has 0 amide bonds. The number of ether oxygens (including phenoxy) is 2. The standard InChI is InChI=1S/C31H32N2O3/c1-20-14-15-23(16-28(20)31(34)35-19-32)29-17-24(36-30-13-6-5-11-27(29)30)18-33-21(2)25-12-7-9-22-8-3-4-10-26(22)25/h3-16,21,24,29,33H,17-19,32H2,1-2H3/t21-,24-,29?/m1/s1. The number of benzene rings is 4. The van der Waals surface area contributed by atoms with Gasteiger partial charge in [0.05, 0.1) is 5.56 Å². The van der Waals surface area contributed by atoms with E-state index < -0.39 is 0 Å². The van der Waals surface area contributed by atoms with Gasteiger partial charge in [0.1, 0.15) is 18.6 Å². The molecule has 5 rings (SSSR count). The monoisotopic (exact) mass is 480 g/mol. The zero-order chi connectivity index (χ0) is 25.1. The summed E-state index contributed by atoms with van der Waals surface area (Å²) in [5, 5.41) is 6.22. The highest BCUT2D eigenvalue weighted by Crippen LogP contribution is 2.41. The minimum atomic E-state index is -0.390. The molecular weight excluding hydrogens is 448 g/mol. The largest absolute Gasteiger partial charge is 0.489 e. The fraction of sp³-hybridized carbons (Fsp3) is 0.258. The summed E-state index contributed by atoms with van der Waals surface area (Å²) >= 11 is 0. The number of fused-ring (bicyclic) bond motifs is 2. The molecule has 0 saturated heterocycles. The predicted molar refractivity (Wildman–Crippen MR) is 143 cm³/mol. The van der Waals surface area contributed by atoms with Crippen LogP contribution in [0.5, 0.6) is 5.75 Å². The normalized spacial score (nSPS) is 17.8. The zero-order valence-electron chi connectivity index (χ0n) is 20.7. The molecule has 0 bridgehead atoms. The van der Waals surface area contributed by atoms with E-state index >= 15 is 0 Å². The fourth-order valence-electron chi connectivity index (χ4n) is 5.21. The molecule has 4 aromatic carbocycles. The molecule has 4 aromatic rings. The maximum Gasteiger partial charge on any atom is 0.339 e. The van der Waals surface area contributed by atoms with Gasteiger partial charge in [0, 0.05) is 24.1 Å². The molecule has 0 spiro atoms. The van der Waals surface area contributed by atoms with Gasteiger partial charge in [-0.1, -0.05) is 72.8 Å². The molecule has 5 heteroatoms. The van der Waals surface area contributed by atoms with Gasteiger partial charge in [0.2, 0.25) is 0 Å². The quantitative estimate of drug-likeness (QED) is 0.256. The van der Waals surface area contributed by atoms with Crippen LogP contribution in [0.2, 0.25) is 0 Å². The number of nitrogens with one attached hydrogen (secondary N) is 1. The molecule has 5 nitrogen and oxygen atoms in total. The van der Waals surface area contributed by atoms with E-state index in [0.29, 0.717) is 12.1 Å². The lowest BCUT2D eigenvalue weighted by atomic mass is 9.83. The van der Waals surface area contributed by atoms with Crippen molar-refractivity contribution >= 4 is 16.7 Å². The maximum absolute atomic E-state index is 12.5. The molecule has 0 saturated carbocycles. The second kappa shape index (κ2) is 10.5. The molecule has 3 N–H and O–H groups in total. The van der Waals surface area contributed by atoms with Crippen molar-refractivity contribution in [3.63, 3.8) is 0 Å². The first-order chi connectivity index (χ1) is 17.5. The van der Waals surface area contributed by atoms with E-state index in [4.69, 9.17) is 15.2 Å². The first kappa shape index (κ1) is 24.0. The van der Waals surface area contributed by atoms with Crippen molar-refractivity contribution < 1.29 is 14.3 Å². The number of esters is 1. The molecule has 1 aliphatic rings. The summed E-state index contributed by atoms with van der Waals surface area (Å²) in [5.41, 5.74) is 10.4. The molecule has 0 radical (unpaired) electrons. The molecule has 0 fully saturated rings. The van der Waals surface area contributed by atoms with Crippen LogP contribution in [0.3, 0.4) is 0 Å². The van der Waals surface area contributed by atoms with Crippen molar-refractivity contribution in [2.24, 2.45) is 5.73 Å². The van der Waals surface area contributed by atoms with Crippen molar-refractivity contribution in [2.75, 3.05) is 13.3 Å². The smallest absolute Gasteiger partial charge is 0.339 e. The van der Waals surface area contributed by atoms with Gasteiger partial charge in [0.15, 0.2) is 0 Å². The van der Waals surface area contributed by atoms with Crippen LogP contribution >= 0.6 is 0 Å². The predicted octanol–water partition coefficient (Wildman–Crippen LogP) is 5.86. The molecule has 1 heterocycles. The Hall–Kier alpha value is -3.67. The number of para-hydroxylation sites is 1. The molecule has 184 valence electrons. The van der Waals surface area contributed by atoms with E-state index in [1.54, 1.807) is 0 Å². The lowest BCUT2D eigenvalue weighted by molar-refractivity contribution is 0.0514. The Kier molecular flexibility index (Phi) is 7.03. The molecule has 1 unspecified atom stereocenters. The van der Waals surface area contributed by atoms with Gasteiger partial charge in [0.25, 0.3) is 0 Å². The molecule has 0 aromatic heterocycles. The summed E-state index contributed by atoms with van der Waals surface area (Å²) in [6, 6.07) is 29.3. The molecule has 0 aliphatic carbocycles. The van der Waals surface area contributed by atoms with Gasteiger partial charge in [-0.15, -0.1) is 0 Å². The van der Waals surface area contributed by atoms with Gasteiger partial charge in [-0.25, -0.2) is 4.79 Å². The number of hydrogen-bond acceptors (Lipinski definition) is 5. The van der Waals surface area contributed by atoms with Crippen molar-refractivity contribution in [2.45, 2.75) is 38.3 Å². The molecule has 36 heavy (non-hydrogen) atoms. The SMILES string of the molecule is Cc1ccc(C2C[C@H](CN[C@H](C)c3cccc4ccccc34)Oc3ccccc32)cc1C(=O)OCN. The Morgan fingerprint density at radius 3 is 2.69 bits per heavy atom. The molecular formula is C31H32N2O3. The van der Waals surface area contributed by atoms with Gasteiger partial charge in [-0.3, -0.25) is 5.73 Å². The van der Waals surface area contributed by atoms with E-state index in [1.165, 1.54) is 16.3 Å². The summed E-state index contributed by atoms with van der Waals surface area (Å²) in [7, 11) is 0. The lowest BCUT2D eigenvalue weighted by Gasteiger charge is -2.33. The van der Waals surface area contributed by atoms with Crippen LogP contribution < -0.4 is 15.8 Å². The van der Waals surface area contributed by atoms with Crippen molar-refractivity contribution in [1.29, 1.82) is 0 Å². The van der Waals surface area contributed by atoms with Gasteiger partial charge >= 0.3 is 5.97 Å². The Bertz CT molecular complexity index is 1380. The minimum Gasteiger partial charge on any atom is -0.489 e. The topological polar surface area (TPSA) is 73.6 Å². The third-order valence-electron chi connectivity index (χ3n) is 7.13. The summed E-state index contributed by atoms with van der Waals surface area (Å²) in [5.74, 6) is 0.615. The number of nitrogens with two attached hydrogens (primary N) is 1. The van der Waals surface area contributed by atoms with Crippen molar-refractivity contribution in [1.82, 2.24) is 5.32 Å². The van der Waals surface area contributed by atoms with Crippen LogP contribution in [-0.4, -0.2) is 25.3 Å². The second-order valence-corrected chi connectivity index (χ2v) is 9.44. The number of carbonyl (C=O) groups excluding carboxylic acids is 1. The van der Waals surface area contributed by atoms with Crippen LogP contribution in [0.15, 0.2) is 84.9 Å². The molecule has 3 atom stereocenters. The maximum atomic E-state index is 12.5. The van der Waals surface area contributed by atoms with Crippen LogP contribution in [-0.2, 0) is 4.74 Å². The highest BCUT2D eigenvalue weighted by Gasteiger charge is 2.30. The summed E-state index contributed by atoms with van der Waals surface area (Å²) < 4.78 is 11.5. The van der Waals surface area contributed by atoms with Crippen LogP contribution in [0.25, 0.3) is 10.8 Å². The Labute approximate surface area is 212 Å². The first-order valence-electron chi connectivity index (χ1n) is 12.5. The van der Waals surface area contributed by atoms with Gasteiger partial charge in [-0.2, -0.15) is 0 Å². The Morgan fingerprint density at radius 2 is 1.83 bits per heavy atom. The van der Waals surface area contributed by atoms with Crippen LogP contribution in [0.4, 0.5) is 0 Å². The summed E-state index contributed by atoms with van der Waals surface area (Å²) in [6.07, 6.45) is 0.795. The van der Waals surface area contributed by atoms with E-state index in [2.05, 4.69) is 66.8 Å². The van der Waals surface area contributed by atoms with Gasteiger partial charge in [-0.05, 0) is 59.9 Å². The molecule has 1 aliphatic heterocycles. The summed E-state index contributed by atoms with van der Waals surface area (Å²) in [4.78, 5) is 12.5. The third-order valence-corrected chi connectivity index (χ3v) is 7.13. The average molecular weight is 481 g/mol. The summed E-state index contributed by atoms with van der Waals surface area (Å²) in [6.45, 7) is 4.69. The van der Waals surface area contributed by atoms with Gasteiger partial charge < -0.3 is 14.8 Å². The Morgan fingerprint density at radius 1 is 1.06 bits per heavy atom. The van der Waals surface area contributed by atoms with E-state index in [-0.39, 0.29) is 30.8 Å². The van der Waals surface area contributed by atoms with Crippen molar-refractivity contribution in [3.8, 4) is 5.75 Å². The number of carbonyl (C=O) groups is 1. The van der Waals surface area contributed by atoms with Crippen LogP contribution in [0, 0.1) is 6.92 Å². The number of rotatable bonds is 7. The number of hydrogen-bond donors (Lipinski definition) is 2. The van der Waals surface area contributed by atoms with Crippen LogP contribution in [0.1, 0.15) is 57.9 Å². The zero-order valence-corrected chi connectivity index (χ0v) is 20.7. The van der Waals surface area contributed by atoms with E-state index in [1.807, 2.05) is 37.3 Å².